The number of rotatable bonds is 1. The van der Waals surface area contributed by atoms with E-state index in [0.29, 0.717) is 19.5 Å². The second-order valence-electron chi connectivity index (χ2n) is 7.66. The quantitative estimate of drug-likeness (QED) is 0.372. The lowest BCUT2D eigenvalue weighted by Gasteiger charge is -2.31. The van der Waals surface area contributed by atoms with Crippen molar-refractivity contribution in [3.8, 4) is 0 Å². The molecule has 0 radical (unpaired) electrons. The summed E-state index contributed by atoms with van der Waals surface area (Å²) in [5, 5.41) is 0. The van der Waals surface area contributed by atoms with Crippen LogP contribution in [-0.4, -0.2) is 67.0 Å². The smallest absolute Gasteiger partial charge is 0.350 e. The number of esters is 3. The number of ether oxygens (including phenoxy) is 3. The van der Waals surface area contributed by atoms with Crippen LogP contribution in [0, 0.1) is 11.3 Å². The molecule has 3 heterocycles. The molecule has 148 valence electrons. The van der Waals surface area contributed by atoms with E-state index in [1.54, 1.807) is 19.9 Å². The van der Waals surface area contributed by atoms with Crippen LogP contribution >= 0.6 is 0 Å². The minimum absolute atomic E-state index is 0.0954. The molecule has 4 bridgehead atoms. The molecular formula is C19H25NO7. The summed E-state index contributed by atoms with van der Waals surface area (Å²) < 4.78 is 16.3. The van der Waals surface area contributed by atoms with E-state index in [2.05, 4.69) is 0 Å². The van der Waals surface area contributed by atoms with Gasteiger partial charge in [-0.15, -0.1) is 0 Å². The first kappa shape index (κ1) is 19.5. The number of carbonyl (C=O) groups excluding carboxylic acids is 4. The number of hydrogen-bond acceptors (Lipinski definition) is 8. The van der Waals surface area contributed by atoms with Crippen LogP contribution in [0.4, 0.5) is 0 Å². The largest absolute Gasteiger partial charge is 0.458 e. The van der Waals surface area contributed by atoms with E-state index in [4.69, 9.17) is 14.2 Å². The van der Waals surface area contributed by atoms with E-state index in [0.717, 1.165) is 0 Å². The second kappa shape index (κ2) is 6.74. The van der Waals surface area contributed by atoms with Gasteiger partial charge in [0.2, 0.25) is 11.4 Å². The molecule has 4 atom stereocenters. The van der Waals surface area contributed by atoms with Gasteiger partial charge in [0.15, 0.2) is 11.5 Å². The molecule has 8 nitrogen and oxygen atoms in total. The highest BCUT2D eigenvalue weighted by Gasteiger charge is 2.68. The Bertz CT molecular complexity index is 730. The number of hydrogen-bond donors (Lipinski definition) is 0. The van der Waals surface area contributed by atoms with Crippen LogP contribution in [0.1, 0.15) is 33.6 Å². The fourth-order valence-electron chi connectivity index (χ4n) is 3.99. The number of cyclic esters (lactones) is 1. The number of likely N-dealkylation sites (N-methyl/N-ethyl adjacent to an activating group) is 1. The lowest BCUT2D eigenvalue weighted by Crippen LogP contribution is -2.48. The van der Waals surface area contributed by atoms with Crippen molar-refractivity contribution in [1.29, 1.82) is 0 Å². The Morgan fingerprint density at radius 3 is 2.56 bits per heavy atom. The van der Waals surface area contributed by atoms with Crippen molar-refractivity contribution < 1.29 is 33.4 Å². The van der Waals surface area contributed by atoms with Crippen LogP contribution in [0.25, 0.3) is 0 Å². The molecule has 0 aromatic carbocycles. The average molecular weight is 379 g/mol. The van der Waals surface area contributed by atoms with Crippen molar-refractivity contribution in [2.45, 2.75) is 45.3 Å². The summed E-state index contributed by atoms with van der Waals surface area (Å²) in [5.74, 6) is -3.58. The lowest BCUT2D eigenvalue weighted by atomic mass is 9.69. The maximum atomic E-state index is 13.1. The Hall–Kier alpha value is -2.22. The zero-order valence-electron chi connectivity index (χ0n) is 16.1. The Labute approximate surface area is 157 Å². The highest BCUT2D eigenvalue weighted by atomic mass is 16.6. The minimum Gasteiger partial charge on any atom is -0.458 e. The standard InChI is InChI=1S/C19H25NO7/c1-5-19-11(2)18(3,27-17(19)24)15(22)25-10-12-6-8-20(4)9-7-13(14(12)21)26-16(19)23/h6,11,13H,5,7-10H2,1-4H3. The number of carbonyl (C=O) groups is 4. The molecule has 0 aromatic heterocycles. The lowest BCUT2D eigenvalue weighted by molar-refractivity contribution is -0.177. The summed E-state index contributed by atoms with van der Waals surface area (Å²) in [7, 11) is 1.88. The predicted octanol–water partition coefficient (Wildman–Crippen LogP) is 0.634. The first-order chi connectivity index (χ1) is 12.7. The van der Waals surface area contributed by atoms with Crippen molar-refractivity contribution in [2.24, 2.45) is 11.3 Å². The van der Waals surface area contributed by atoms with Gasteiger partial charge in [-0.05, 0) is 20.4 Å². The number of Topliss-reactive ketones (excluding diaryl/α,β-unsaturated/α-hetero) is 1. The first-order valence-electron chi connectivity index (χ1n) is 9.20. The zero-order valence-corrected chi connectivity index (χ0v) is 16.1. The SMILES string of the molecule is CCC12C(=O)OC3CCN(C)CC=C(COC(=O)C(C)(OC1=O)C2C)C3=O. The monoisotopic (exact) mass is 379 g/mol. The van der Waals surface area contributed by atoms with Gasteiger partial charge in [0.1, 0.15) is 6.61 Å². The number of nitrogens with zero attached hydrogens (tertiary/aromatic N) is 1. The molecule has 2 saturated heterocycles. The highest BCUT2D eigenvalue weighted by Crippen LogP contribution is 2.50. The topological polar surface area (TPSA) is 99.2 Å². The van der Waals surface area contributed by atoms with E-state index < -0.39 is 40.9 Å². The van der Waals surface area contributed by atoms with Crippen molar-refractivity contribution >= 4 is 23.7 Å². The summed E-state index contributed by atoms with van der Waals surface area (Å²) >= 11 is 0. The first-order valence-corrected chi connectivity index (χ1v) is 9.20. The molecule has 0 saturated carbocycles. The molecule has 3 aliphatic rings. The molecular weight excluding hydrogens is 354 g/mol. The molecule has 2 fully saturated rings. The fraction of sp³-hybridized carbons (Fsp3) is 0.684. The Balaban J connectivity index is 2.10. The minimum atomic E-state index is -1.64. The van der Waals surface area contributed by atoms with Crippen molar-refractivity contribution in [2.75, 3.05) is 26.7 Å². The molecule has 3 rings (SSSR count). The van der Waals surface area contributed by atoms with Gasteiger partial charge < -0.3 is 19.1 Å². The van der Waals surface area contributed by atoms with Crippen LogP contribution in [-0.2, 0) is 33.4 Å². The summed E-state index contributed by atoms with van der Waals surface area (Å²) in [5.41, 5.74) is -2.98. The highest BCUT2D eigenvalue weighted by molar-refractivity contribution is 6.07. The predicted molar refractivity (Wildman–Crippen MR) is 92.4 cm³/mol. The van der Waals surface area contributed by atoms with Crippen LogP contribution in [0.5, 0.6) is 0 Å². The van der Waals surface area contributed by atoms with Crippen molar-refractivity contribution in [3.63, 3.8) is 0 Å². The van der Waals surface area contributed by atoms with Gasteiger partial charge in [0.25, 0.3) is 0 Å². The number of ketones is 1. The summed E-state index contributed by atoms with van der Waals surface area (Å²) in [6.45, 7) is 5.52. The number of fused-ring (bicyclic) bond motifs is 4. The van der Waals surface area contributed by atoms with Gasteiger partial charge >= 0.3 is 17.9 Å². The Morgan fingerprint density at radius 2 is 1.89 bits per heavy atom. The van der Waals surface area contributed by atoms with Gasteiger partial charge in [-0.3, -0.25) is 14.4 Å². The summed E-state index contributed by atoms with van der Waals surface area (Å²) in [4.78, 5) is 53.3. The average Bonchev–Trinajstić information content (AvgIpc) is 2.83. The van der Waals surface area contributed by atoms with Gasteiger partial charge in [-0.25, -0.2) is 4.79 Å². The van der Waals surface area contributed by atoms with Gasteiger partial charge in [-0.1, -0.05) is 19.9 Å². The molecule has 0 aliphatic carbocycles. The van der Waals surface area contributed by atoms with Crippen molar-refractivity contribution in [3.05, 3.63) is 11.6 Å². The molecule has 0 aromatic rings. The Morgan fingerprint density at radius 1 is 1.19 bits per heavy atom. The Kier molecular flexibility index (Phi) is 4.88. The van der Waals surface area contributed by atoms with Crippen LogP contribution in [0.2, 0.25) is 0 Å². The summed E-state index contributed by atoms with van der Waals surface area (Å²) in [6, 6.07) is 0. The van der Waals surface area contributed by atoms with Gasteiger partial charge in [-0.2, -0.15) is 0 Å². The summed E-state index contributed by atoms with van der Waals surface area (Å²) in [6.07, 6.45) is 1.04. The van der Waals surface area contributed by atoms with E-state index in [1.807, 2.05) is 11.9 Å². The van der Waals surface area contributed by atoms with Crippen LogP contribution < -0.4 is 0 Å². The van der Waals surface area contributed by atoms with E-state index in [-0.39, 0.29) is 24.4 Å². The normalized spacial score (nSPS) is 38.0. The molecule has 8 heteroatoms. The zero-order chi connectivity index (χ0) is 20.0. The van der Waals surface area contributed by atoms with Crippen LogP contribution in [0.15, 0.2) is 11.6 Å². The molecule has 4 unspecified atom stereocenters. The third kappa shape index (κ3) is 2.86. The second-order valence-corrected chi connectivity index (χ2v) is 7.66. The fourth-order valence-corrected chi connectivity index (χ4v) is 3.99. The van der Waals surface area contributed by atoms with Crippen LogP contribution in [0.3, 0.4) is 0 Å². The molecule has 0 N–H and O–H groups in total. The maximum absolute atomic E-state index is 13.1. The maximum Gasteiger partial charge on any atom is 0.350 e. The van der Waals surface area contributed by atoms with Gasteiger partial charge in [0.05, 0.1) is 0 Å². The molecule has 0 amide bonds. The van der Waals surface area contributed by atoms with E-state index in [9.17, 15) is 19.2 Å². The van der Waals surface area contributed by atoms with E-state index in [1.165, 1.54) is 6.92 Å². The van der Waals surface area contributed by atoms with E-state index >= 15 is 0 Å². The molecule has 3 aliphatic heterocycles. The third-order valence-corrected chi connectivity index (χ3v) is 6.20. The molecule has 0 spiro atoms. The van der Waals surface area contributed by atoms with Gasteiger partial charge in [0, 0.05) is 31.0 Å². The third-order valence-electron chi connectivity index (χ3n) is 6.20. The van der Waals surface area contributed by atoms with Crippen molar-refractivity contribution in [1.82, 2.24) is 4.90 Å². The molecule has 27 heavy (non-hydrogen) atoms.